The number of nitrogens with one attached hydrogen (secondary N) is 1. The first kappa shape index (κ1) is 19.2. The van der Waals surface area contributed by atoms with Gasteiger partial charge in [-0.1, -0.05) is 39.3 Å². The van der Waals surface area contributed by atoms with Gasteiger partial charge >= 0.3 is 0 Å². The van der Waals surface area contributed by atoms with Crippen molar-refractivity contribution in [3.8, 4) is 0 Å². The SMILES string of the molecule is CCCCN(C(=S)Nc1ccc(C(C)C)cc1)[C@H]1CCS(=O)(=O)C1. The molecule has 0 radical (unpaired) electrons. The van der Waals surface area contributed by atoms with E-state index in [1.54, 1.807) is 0 Å². The van der Waals surface area contributed by atoms with E-state index in [0.29, 0.717) is 17.5 Å². The molecule has 1 N–H and O–H groups in total. The highest BCUT2D eigenvalue weighted by Crippen LogP contribution is 2.21. The number of hydrogen-bond acceptors (Lipinski definition) is 3. The van der Waals surface area contributed by atoms with E-state index in [1.165, 1.54) is 5.56 Å². The van der Waals surface area contributed by atoms with Crippen molar-refractivity contribution in [2.45, 2.75) is 52.0 Å². The Bertz CT molecular complexity index is 654. The Labute approximate surface area is 151 Å². The summed E-state index contributed by atoms with van der Waals surface area (Å²) in [6.45, 7) is 7.26. The summed E-state index contributed by atoms with van der Waals surface area (Å²) in [5.41, 5.74) is 2.24. The van der Waals surface area contributed by atoms with Crippen molar-refractivity contribution in [3.05, 3.63) is 29.8 Å². The molecule has 24 heavy (non-hydrogen) atoms. The van der Waals surface area contributed by atoms with Crippen LogP contribution in [0.15, 0.2) is 24.3 Å². The van der Waals surface area contributed by atoms with Gasteiger partial charge in [-0.05, 0) is 48.7 Å². The lowest BCUT2D eigenvalue weighted by Gasteiger charge is -2.31. The molecule has 6 heteroatoms. The van der Waals surface area contributed by atoms with Crippen LogP contribution >= 0.6 is 12.2 Å². The summed E-state index contributed by atoms with van der Waals surface area (Å²) < 4.78 is 23.6. The van der Waals surface area contributed by atoms with Crippen LogP contribution in [0.25, 0.3) is 0 Å². The molecular weight excluding hydrogens is 340 g/mol. The molecule has 1 aliphatic heterocycles. The summed E-state index contributed by atoms with van der Waals surface area (Å²) in [6.07, 6.45) is 2.73. The molecule has 134 valence electrons. The molecule has 0 bridgehead atoms. The van der Waals surface area contributed by atoms with Crippen LogP contribution in [-0.2, 0) is 9.84 Å². The Morgan fingerprint density at radius 1 is 1.33 bits per heavy atom. The minimum absolute atomic E-state index is 0.00325. The van der Waals surface area contributed by atoms with Crippen LogP contribution in [0.1, 0.15) is 51.5 Å². The van der Waals surface area contributed by atoms with Gasteiger partial charge in [-0.3, -0.25) is 0 Å². The van der Waals surface area contributed by atoms with E-state index in [-0.39, 0.29) is 17.5 Å². The lowest BCUT2D eigenvalue weighted by molar-refractivity contribution is 0.333. The molecular formula is C18H28N2O2S2. The van der Waals surface area contributed by atoms with Crippen molar-refractivity contribution >= 4 is 32.9 Å². The highest BCUT2D eigenvalue weighted by atomic mass is 32.2. The van der Waals surface area contributed by atoms with Gasteiger partial charge in [-0.2, -0.15) is 0 Å². The summed E-state index contributed by atoms with van der Waals surface area (Å²) in [5.74, 6) is 0.979. The van der Waals surface area contributed by atoms with Crippen molar-refractivity contribution in [1.29, 1.82) is 0 Å². The predicted molar refractivity (Wildman–Crippen MR) is 105 cm³/mol. The van der Waals surface area contributed by atoms with Gasteiger partial charge in [0.25, 0.3) is 0 Å². The number of benzene rings is 1. The molecule has 0 spiro atoms. The van der Waals surface area contributed by atoms with Gasteiger partial charge in [-0.15, -0.1) is 0 Å². The van der Waals surface area contributed by atoms with Crippen molar-refractivity contribution in [1.82, 2.24) is 4.90 Å². The maximum Gasteiger partial charge on any atom is 0.173 e. The maximum atomic E-state index is 11.8. The standard InChI is InChI=1S/C18H28N2O2S2/c1-4-5-11-20(17-10-12-24(21,22)13-17)18(23)19-16-8-6-15(7-9-16)14(2)3/h6-9,14,17H,4-5,10-13H2,1-3H3,(H,19,23)/t17-/m0/s1. The van der Waals surface area contributed by atoms with E-state index in [0.717, 1.165) is 25.1 Å². The molecule has 4 nitrogen and oxygen atoms in total. The molecule has 1 fully saturated rings. The van der Waals surface area contributed by atoms with Crippen LogP contribution in [-0.4, -0.2) is 42.5 Å². The fourth-order valence-electron chi connectivity index (χ4n) is 2.95. The average Bonchev–Trinajstić information content (AvgIpc) is 2.88. The zero-order chi connectivity index (χ0) is 17.7. The minimum atomic E-state index is -2.92. The zero-order valence-corrected chi connectivity index (χ0v) is 16.4. The van der Waals surface area contributed by atoms with Crippen LogP contribution in [0.3, 0.4) is 0 Å². The van der Waals surface area contributed by atoms with Gasteiger partial charge in [0, 0.05) is 18.3 Å². The number of thiocarbonyl (C=S) groups is 1. The van der Waals surface area contributed by atoms with Crippen molar-refractivity contribution in [3.63, 3.8) is 0 Å². The van der Waals surface area contributed by atoms with Gasteiger partial charge < -0.3 is 10.2 Å². The molecule has 1 heterocycles. The largest absolute Gasteiger partial charge is 0.345 e. The zero-order valence-electron chi connectivity index (χ0n) is 14.8. The Morgan fingerprint density at radius 3 is 2.50 bits per heavy atom. The second-order valence-electron chi connectivity index (χ2n) is 6.81. The number of sulfone groups is 1. The molecule has 0 aromatic heterocycles. The Kier molecular flexibility index (Phi) is 6.63. The molecule has 0 unspecified atom stereocenters. The van der Waals surface area contributed by atoms with Gasteiger partial charge in [0.1, 0.15) is 0 Å². The lowest BCUT2D eigenvalue weighted by Crippen LogP contribution is -2.44. The van der Waals surface area contributed by atoms with E-state index in [9.17, 15) is 8.42 Å². The maximum absolute atomic E-state index is 11.8. The van der Waals surface area contributed by atoms with Crippen LogP contribution < -0.4 is 5.32 Å². The molecule has 1 aromatic rings. The average molecular weight is 369 g/mol. The molecule has 0 saturated carbocycles. The quantitative estimate of drug-likeness (QED) is 0.774. The second kappa shape index (κ2) is 8.30. The third-order valence-corrected chi connectivity index (χ3v) is 6.58. The van der Waals surface area contributed by atoms with E-state index < -0.39 is 9.84 Å². The summed E-state index contributed by atoms with van der Waals surface area (Å²) >= 11 is 5.59. The molecule has 0 amide bonds. The molecule has 1 aliphatic rings. The third-order valence-electron chi connectivity index (χ3n) is 4.49. The summed E-state index contributed by atoms with van der Waals surface area (Å²) in [5, 5.41) is 3.91. The second-order valence-corrected chi connectivity index (χ2v) is 9.43. The van der Waals surface area contributed by atoms with Crippen LogP contribution in [0.4, 0.5) is 5.69 Å². The summed E-state index contributed by atoms with van der Waals surface area (Å²) in [6, 6.07) is 8.27. The third kappa shape index (κ3) is 5.18. The monoisotopic (exact) mass is 368 g/mol. The molecule has 2 rings (SSSR count). The molecule has 1 atom stereocenters. The van der Waals surface area contributed by atoms with Crippen molar-refractivity contribution < 1.29 is 8.42 Å². The van der Waals surface area contributed by atoms with Crippen LogP contribution in [0.2, 0.25) is 0 Å². The van der Waals surface area contributed by atoms with E-state index in [2.05, 4.69) is 43.1 Å². The summed E-state index contributed by atoms with van der Waals surface area (Å²) in [4.78, 5) is 2.07. The molecule has 0 aliphatic carbocycles. The normalized spacial score (nSPS) is 19.4. The van der Waals surface area contributed by atoms with Gasteiger partial charge in [0.2, 0.25) is 0 Å². The van der Waals surface area contributed by atoms with Crippen LogP contribution in [0, 0.1) is 0 Å². The van der Waals surface area contributed by atoms with Gasteiger partial charge in [0.05, 0.1) is 11.5 Å². The van der Waals surface area contributed by atoms with Crippen molar-refractivity contribution in [2.75, 3.05) is 23.4 Å². The first-order chi connectivity index (χ1) is 11.3. The number of unbranched alkanes of at least 4 members (excludes halogenated alkanes) is 1. The minimum Gasteiger partial charge on any atom is -0.345 e. The Morgan fingerprint density at radius 2 is 2.00 bits per heavy atom. The smallest absolute Gasteiger partial charge is 0.173 e. The number of nitrogens with zero attached hydrogens (tertiary/aromatic N) is 1. The molecule has 1 aromatic carbocycles. The fraction of sp³-hybridized carbons (Fsp3) is 0.611. The first-order valence-electron chi connectivity index (χ1n) is 8.70. The highest BCUT2D eigenvalue weighted by molar-refractivity contribution is 7.91. The Hall–Kier alpha value is -1.14. The van der Waals surface area contributed by atoms with E-state index >= 15 is 0 Å². The first-order valence-corrected chi connectivity index (χ1v) is 10.9. The lowest BCUT2D eigenvalue weighted by atomic mass is 10.0. The summed E-state index contributed by atoms with van der Waals surface area (Å²) in [7, 11) is -2.92. The van der Waals surface area contributed by atoms with E-state index in [1.807, 2.05) is 12.1 Å². The number of rotatable bonds is 6. The van der Waals surface area contributed by atoms with Crippen LogP contribution in [0.5, 0.6) is 0 Å². The molecule has 1 saturated heterocycles. The van der Waals surface area contributed by atoms with E-state index in [4.69, 9.17) is 12.2 Å². The van der Waals surface area contributed by atoms with Crippen molar-refractivity contribution in [2.24, 2.45) is 0 Å². The fourth-order valence-corrected chi connectivity index (χ4v) is 5.04. The highest BCUT2D eigenvalue weighted by Gasteiger charge is 2.33. The number of hydrogen-bond donors (Lipinski definition) is 1. The van der Waals surface area contributed by atoms with Gasteiger partial charge in [-0.25, -0.2) is 8.42 Å². The topological polar surface area (TPSA) is 49.4 Å². The predicted octanol–water partition coefficient (Wildman–Crippen LogP) is 3.80. The number of anilines is 1. The Balaban J connectivity index is 2.07. The van der Waals surface area contributed by atoms with Gasteiger partial charge in [0.15, 0.2) is 14.9 Å².